The molecule has 2 aromatic heterocycles. The van der Waals surface area contributed by atoms with Crippen LogP contribution in [0.5, 0.6) is 0 Å². The summed E-state index contributed by atoms with van der Waals surface area (Å²) in [6.07, 6.45) is 2.55. The molecule has 1 fully saturated rings. The maximum Gasteiger partial charge on any atom is 0.158 e. The standard InChI is InChI=1S/C16H21ClN4/c1-9-7-10(2)19-16(14(9)8-18-13-5-6-13)21-12(4)15(17)11(3)20-21/h7,13,18H,5-6,8H2,1-4H3. The van der Waals surface area contributed by atoms with Crippen LogP contribution in [0.2, 0.25) is 5.02 Å². The van der Waals surface area contributed by atoms with Crippen molar-refractivity contribution in [1.29, 1.82) is 0 Å². The van der Waals surface area contributed by atoms with E-state index in [-0.39, 0.29) is 0 Å². The molecule has 0 aromatic carbocycles. The van der Waals surface area contributed by atoms with Crippen molar-refractivity contribution in [2.45, 2.75) is 53.1 Å². The van der Waals surface area contributed by atoms with Gasteiger partial charge in [-0.25, -0.2) is 9.67 Å². The number of aromatic nitrogens is 3. The fourth-order valence-electron chi connectivity index (χ4n) is 2.60. The first-order chi connectivity index (χ1) is 9.97. The number of halogens is 1. The number of nitrogens with zero attached hydrogens (tertiary/aromatic N) is 3. The quantitative estimate of drug-likeness (QED) is 0.941. The molecule has 0 spiro atoms. The highest BCUT2D eigenvalue weighted by Crippen LogP contribution is 2.26. The maximum atomic E-state index is 6.29. The van der Waals surface area contributed by atoms with E-state index < -0.39 is 0 Å². The minimum Gasteiger partial charge on any atom is -0.310 e. The lowest BCUT2D eigenvalue weighted by molar-refractivity contribution is 0.670. The predicted octanol–water partition coefficient (Wildman–Crippen LogP) is 3.41. The molecule has 0 radical (unpaired) electrons. The van der Waals surface area contributed by atoms with Crippen LogP contribution in [0.15, 0.2) is 6.07 Å². The van der Waals surface area contributed by atoms with Crippen LogP contribution in [0, 0.1) is 27.7 Å². The number of hydrogen-bond donors (Lipinski definition) is 1. The molecule has 0 atom stereocenters. The van der Waals surface area contributed by atoms with Crippen molar-refractivity contribution in [2.24, 2.45) is 0 Å². The van der Waals surface area contributed by atoms with E-state index in [1.54, 1.807) is 0 Å². The summed E-state index contributed by atoms with van der Waals surface area (Å²) in [4.78, 5) is 4.72. The van der Waals surface area contributed by atoms with Crippen LogP contribution >= 0.6 is 11.6 Å². The molecule has 2 heterocycles. The Morgan fingerprint density at radius 1 is 1.29 bits per heavy atom. The Balaban J connectivity index is 2.07. The highest BCUT2D eigenvalue weighted by molar-refractivity contribution is 6.31. The van der Waals surface area contributed by atoms with E-state index in [1.165, 1.54) is 24.0 Å². The molecule has 5 heteroatoms. The van der Waals surface area contributed by atoms with Gasteiger partial charge >= 0.3 is 0 Å². The van der Waals surface area contributed by atoms with Gasteiger partial charge in [-0.2, -0.15) is 5.10 Å². The first kappa shape index (κ1) is 14.5. The van der Waals surface area contributed by atoms with Crippen LogP contribution in [0.4, 0.5) is 0 Å². The van der Waals surface area contributed by atoms with Crippen LogP contribution in [-0.4, -0.2) is 20.8 Å². The zero-order chi connectivity index (χ0) is 15.1. The highest BCUT2D eigenvalue weighted by Gasteiger charge is 2.22. The van der Waals surface area contributed by atoms with Crippen LogP contribution in [-0.2, 0) is 6.54 Å². The molecule has 3 rings (SSSR count). The maximum absolute atomic E-state index is 6.29. The number of nitrogens with one attached hydrogen (secondary N) is 1. The number of rotatable bonds is 4. The summed E-state index contributed by atoms with van der Waals surface area (Å²) in [5.41, 5.74) is 5.24. The Bertz CT molecular complexity index is 686. The molecular formula is C16H21ClN4. The van der Waals surface area contributed by atoms with Gasteiger partial charge in [0, 0.05) is 23.8 Å². The van der Waals surface area contributed by atoms with E-state index in [2.05, 4.69) is 23.4 Å². The molecule has 1 aliphatic carbocycles. The molecule has 1 saturated carbocycles. The van der Waals surface area contributed by atoms with E-state index in [0.29, 0.717) is 6.04 Å². The first-order valence-electron chi connectivity index (χ1n) is 7.40. The van der Waals surface area contributed by atoms with E-state index in [4.69, 9.17) is 16.6 Å². The SMILES string of the molecule is Cc1cc(C)c(CNC2CC2)c(-n2nc(C)c(Cl)c2C)n1. The van der Waals surface area contributed by atoms with Crippen LogP contribution in [0.3, 0.4) is 0 Å². The van der Waals surface area contributed by atoms with E-state index in [0.717, 1.165) is 34.5 Å². The summed E-state index contributed by atoms with van der Waals surface area (Å²) in [5.74, 6) is 0.896. The van der Waals surface area contributed by atoms with Gasteiger partial charge in [0.25, 0.3) is 0 Å². The topological polar surface area (TPSA) is 42.7 Å². The third kappa shape index (κ3) is 2.83. The second-order valence-electron chi connectivity index (χ2n) is 5.93. The second kappa shape index (κ2) is 5.43. The normalized spacial score (nSPS) is 14.7. The van der Waals surface area contributed by atoms with Gasteiger partial charge in [-0.1, -0.05) is 11.6 Å². The monoisotopic (exact) mass is 304 g/mol. The molecule has 112 valence electrons. The molecule has 2 aromatic rings. The van der Waals surface area contributed by atoms with Crippen molar-refractivity contribution in [1.82, 2.24) is 20.1 Å². The minimum absolute atomic E-state index is 0.669. The molecule has 0 unspecified atom stereocenters. The Kier molecular flexibility index (Phi) is 3.76. The molecule has 1 N–H and O–H groups in total. The smallest absolute Gasteiger partial charge is 0.158 e. The average Bonchev–Trinajstić information content (AvgIpc) is 3.21. The Hall–Kier alpha value is -1.39. The number of pyridine rings is 1. The first-order valence-corrected chi connectivity index (χ1v) is 7.77. The molecule has 0 saturated heterocycles. The van der Waals surface area contributed by atoms with Gasteiger partial charge in [-0.3, -0.25) is 0 Å². The molecule has 1 aliphatic rings. The van der Waals surface area contributed by atoms with Crippen LogP contribution in [0.1, 0.15) is 41.1 Å². The third-order valence-corrected chi connectivity index (χ3v) is 4.55. The summed E-state index contributed by atoms with van der Waals surface area (Å²) < 4.78 is 1.88. The van der Waals surface area contributed by atoms with Crippen LogP contribution < -0.4 is 5.32 Å². The van der Waals surface area contributed by atoms with E-state index in [9.17, 15) is 0 Å². The van der Waals surface area contributed by atoms with Crippen molar-refractivity contribution in [3.05, 3.63) is 39.3 Å². The average molecular weight is 305 g/mol. The Labute approximate surface area is 130 Å². The summed E-state index contributed by atoms with van der Waals surface area (Å²) in [5, 5.41) is 8.85. The lowest BCUT2D eigenvalue weighted by Crippen LogP contribution is -2.19. The summed E-state index contributed by atoms with van der Waals surface area (Å²) >= 11 is 6.29. The summed E-state index contributed by atoms with van der Waals surface area (Å²) in [7, 11) is 0. The third-order valence-electron chi connectivity index (χ3n) is 4.00. The zero-order valence-corrected chi connectivity index (χ0v) is 13.8. The van der Waals surface area contributed by atoms with Crippen molar-refractivity contribution in [3.63, 3.8) is 0 Å². The molecule has 4 nitrogen and oxygen atoms in total. The molecule has 0 aliphatic heterocycles. The molecule has 0 bridgehead atoms. The highest BCUT2D eigenvalue weighted by atomic mass is 35.5. The van der Waals surface area contributed by atoms with Gasteiger partial charge in [0.2, 0.25) is 0 Å². The minimum atomic E-state index is 0.669. The van der Waals surface area contributed by atoms with Crippen molar-refractivity contribution in [2.75, 3.05) is 0 Å². The lowest BCUT2D eigenvalue weighted by Gasteiger charge is -2.15. The van der Waals surface area contributed by atoms with E-state index in [1.807, 2.05) is 25.5 Å². The van der Waals surface area contributed by atoms with Crippen molar-refractivity contribution < 1.29 is 0 Å². The van der Waals surface area contributed by atoms with Gasteiger partial charge < -0.3 is 5.32 Å². The summed E-state index contributed by atoms with van der Waals surface area (Å²) in [6, 6.07) is 2.79. The van der Waals surface area contributed by atoms with Gasteiger partial charge in [0.05, 0.1) is 16.4 Å². The van der Waals surface area contributed by atoms with E-state index >= 15 is 0 Å². The fraction of sp³-hybridized carbons (Fsp3) is 0.500. The molecule has 0 amide bonds. The van der Waals surface area contributed by atoms with Gasteiger partial charge in [-0.05, 0) is 52.2 Å². The fourth-order valence-corrected chi connectivity index (χ4v) is 2.72. The van der Waals surface area contributed by atoms with Crippen molar-refractivity contribution in [3.8, 4) is 5.82 Å². The predicted molar refractivity (Wildman–Crippen MR) is 85.2 cm³/mol. The Morgan fingerprint density at radius 3 is 2.57 bits per heavy atom. The number of hydrogen-bond acceptors (Lipinski definition) is 3. The largest absolute Gasteiger partial charge is 0.310 e. The van der Waals surface area contributed by atoms with Gasteiger partial charge in [0.15, 0.2) is 5.82 Å². The van der Waals surface area contributed by atoms with Crippen LogP contribution in [0.25, 0.3) is 5.82 Å². The summed E-state index contributed by atoms with van der Waals surface area (Å²) in [6.45, 7) is 8.89. The van der Waals surface area contributed by atoms with Gasteiger partial charge in [-0.15, -0.1) is 0 Å². The van der Waals surface area contributed by atoms with Gasteiger partial charge in [0.1, 0.15) is 0 Å². The second-order valence-corrected chi connectivity index (χ2v) is 6.31. The molecular weight excluding hydrogens is 284 g/mol. The number of aryl methyl sites for hydroxylation is 3. The molecule has 21 heavy (non-hydrogen) atoms. The van der Waals surface area contributed by atoms with Crippen molar-refractivity contribution >= 4 is 11.6 Å². The lowest BCUT2D eigenvalue weighted by atomic mass is 10.1. The Morgan fingerprint density at radius 2 is 2.00 bits per heavy atom. The zero-order valence-electron chi connectivity index (χ0n) is 13.0.